The van der Waals surface area contributed by atoms with Crippen molar-refractivity contribution >= 4 is 17.3 Å². The molecule has 0 atom stereocenters. The molecular weight excluding hydrogens is 313 g/mol. The molecule has 0 saturated heterocycles. The van der Waals surface area contributed by atoms with Crippen LogP contribution in [0.15, 0.2) is 36.4 Å². The van der Waals surface area contributed by atoms with Crippen LogP contribution in [0, 0.1) is 22.9 Å². The van der Waals surface area contributed by atoms with Gasteiger partial charge in [-0.25, -0.2) is 4.39 Å². The van der Waals surface area contributed by atoms with E-state index in [1.165, 1.54) is 31.3 Å². The Hall–Kier alpha value is -2.96. The Morgan fingerprint density at radius 2 is 2.00 bits per heavy atom. The van der Waals surface area contributed by atoms with Gasteiger partial charge in [-0.15, -0.1) is 0 Å². The smallest absolute Gasteiger partial charge is 0.270 e. The largest absolute Gasteiger partial charge is 0.370 e. The third kappa shape index (κ3) is 3.68. The lowest BCUT2D eigenvalue weighted by atomic mass is 10.1. The summed E-state index contributed by atoms with van der Waals surface area (Å²) in [6.07, 6.45) is 0. The molecule has 0 aliphatic carbocycles. The first-order valence-corrected chi connectivity index (χ1v) is 7.30. The number of nitrogens with one attached hydrogen (secondary N) is 1. The third-order valence-electron chi connectivity index (χ3n) is 3.73. The van der Waals surface area contributed by atoms with Crippen molar-refractivity contribution in [2.24, 2.45) is 0 Å². The van der Waals surface area contributed by atoms with Crippen LogP contribution in [-0.4, -0.2) is 24.9 Å². The molecule has 0 bridgehead atoms. The summed E-state index contributed by atoms with van der Waals surface area (Å²) in [5.74, 6) is -0.716. The highest BCUT2D eigenvalue weighted by Gasteiger charge is 2.18. The fourth-order valence-corrected chi connectivity index (χ4v) is 2.38. The maximum absolute atomic E-state index is 13.7. The number of hydrogen-bond acceptors (Lipinski definition) is 4. The van der Waals surface area contributed by atoms with Gasteiger partial charge in [0.15, 0.2) is 0 Å². The number of hydrogen-bond donors (Lipinski definition) is 1. The normalized spacial score (nSPS) is 10.3. The van der Waals surface area contributed by atoms with E-state index in [4.69, 9.17) is 0 Å². The first-order valence-electron chi connectivity index (χ1n) is 7.30. The molecule has 0 aliphatic rings. The number of nitro groups is 1. The molecule has 0 spiro atoms. The van der Waals surface area contributed by atoms with Crippen molar-refractivity contribution in [2.45, 2.75) is 13.5 Å². The molecule has 126 valence electrons. The zero-order valence-electron chi connectivity index (χ0n) is 13.7. The topological polar surface area (TPSA) is 75.5 Å². The van der Waals surface area contributed by atoms with Crippen LogP contribution in [0.25, 0.3) is 0 Å². The van der Waals surface area contributed by atoms with Gasteiger partial charge in [0.2, 0.25) is 0 Å². The monoisotopic (exact) mass is 331 g/mol. The van der Waals surface area contributed by atoms with Crippen molar-refractivity contribution in [3.63, 3.8) is 0 Å². The minimum atomic E-state index is -0.550. The molecule has 1 amide bonds. The number of aryl methyl sites for hydroxylation is 1. The first kappa shape index (κ1) is 17.4. The Morgan fingerprint density at radius 1 is 1.29 bits per heavy atom. The minimum absolute atomic E-state index is 0.160. The highest BCUT2D eigenvalue weighted by Crippen LogP contribution is 2.26. The average molecular weight is 331 g/mol. The molecule has 24 heavy (non-hydrogen) atoms. The average Bonchev–Trinajstić information content (AvgIpc) is 2.56. The number of anilines is 1. The number of rotatable bonds is 5. The van der Waals surface area contributed by atoms with E-state index in [9.17, 15) is 19.3 Å². The fraction of sp³-hybridized carbons (Fsp3) is 0.235. The van der Waals surface area contributed by atoms with Crippen molar-refractivity contribution in [3.8, 4) is 0 Å². The molecule has 0 aliphatic heterocycles. The van der Waals surface area contributed by atoms with E-state index in [2.05, 4.69) is 5.32 Å². The SMILES string of the molecule is CNC(=O)c1cc([N+](=O)[O-])ccc1N(C)Cc1ccc(C)c(F)c1. The van der Waals surface area contributed by atoms with Gasteiger partial charge in [0.25, 0.3) is 11.6 Å². The molecule has 0 unspecified atom stereocenters. The molecule has 2 rings (SSSR count). The first-order chi connectivity index (χ1) is 11.3. The van der Waals surface area contributed by atoms with Crippen LogP contribution in [0.3, 0.4) is 0 Å². The molecule has 0 heterocycles. The highest BCUT2D eigenvalue weighted by atomic mass is 19.1. The number of carbonyl (C=O) groups excluding carboxylic acids is 1. The van der Waals surface area contributed by atoms with Crippen LogP contribution in [0.2, 0.25) is 0 Å². The fourth-order valence-electron chi connectivity index (χ4n) is 2.38. The van der Waals surface area contributed by atoms with E-state index >= 15 is 0 Å². The van der Waals surface area contributed by atoms with Crippen molar-refractivity contribution in [1.29, 1.82) is 0 Å². The second kappa shape index (κ2) is 7.08. The van der Waals surface area contributed by atoms with Gasteiger partial charge in [0.05, 0.1) is 16.2 Å². The van der Waals surface area contributed by atoms with Gasteiger partial charge >= 0.3 is 0 Å². The zero-order chi connectivity index (χ0) is 17.9. The zero-order valence-corrected chi connectivity index (χ0v) is 13.7. The lowest BCUT2D eigenvalue weighted by molar-refractivity contribution is -0.384. The van der Waals surface area contributed by atoms with Crippen LogP contribution in [-0.2, 0) is 6.54 Å². The van der Waals surface area contributed by atoms with Crippen LogP contribution < -0.4 is 10.2 Å². The van der Waals surface area contributed by atoms with E-state index in [1.54, 1.807) is 31.0 Å². The van der Waals surface area contributed by atoms with Gasteiger partial charge < -0.3 is 10.2 Å². The number of non-ortho nitro benzene ring substituents is 1. The number of benzene rings is 2. The summed E-state index contributed by atoms with van der Waals surface area (Å²) in [6, 6.07) is 9.03. The summed E-state index contributed by atoms with van der Waals surface area (Å²) in [6.45, 7) is 2.04. The maximum Gasteiger partial charge on any atom is 0.270 e. The molecule has 2 aromatic rings. The number of nitrogens with zero attached hydrogens (tertiary/aromatic N) is 2. The van der Waals surface area contributed by atoms with Crippen molar-refractivity contribution < 1.29 is 14.1 Å². The van der Waals surface area contributed by atoms with Gasteiger partial charge in [-0.05, 0) is 30.2 Å². The third-order valence-corrected chi connectivity index (χ3v) is 3.73. The van der Waals surface area contributed by atoms with Gasteiger partial charge in [0, 0.05) is 32.8 Å². The molecule has 0 fully saturated rings. The number of nitro benzene ring substituents is 1. The molecule has 0 radical (unpaired) electrons. The van der Waals surface area contributed by atoms with Crippen LogP contribution in [0.5, 0.6) is 0 Å². The van der Waals surface area contributed by atoms with E-state index in [-0.39, 0.29) is 17.1 Å². The number of amides is 1. The summed E-state index contributed by atoms with van der Waals surface area (Å²) in [5.41, 5.74) is 1.86. The molecule has 7 heteroatoms. The van der Waals surface area contributed by atoms with Crippen molar-refractivity contribution in [3.05, 3.63) is 69.0 Å². The standard InChI is InChI=1S/C17H18FN3O3/c1-11-4-5-12(8-15(11)18)10-20(3)16-7-6-13(21(23)24)9-14(16)17(22)19-2/h4-9H,10H2,1-3H3,(H,19,22). The Labute approximate surface area is 139 Å². The summed E-state index contributed by atoms with van der Waals surface area (Å²) < 4.78 is 13.7. The minimum Gasteiger partial charge on any atom is -0.370 e. The van der Waals surface area contributed by atoms with Gasteiger partial charge in [0.1, 0.15) is 5.82 Å². The summed E-state index contributed by atoms with van der Waals surface area (Å²) in [5, 5.41) is 13.4. The van der Waals surface area contributed by atoms with Crippen molar-refractivity contribution in [2.75, 3.05) is 19.0 Å². The lowest BCUT2D eigenvalue weighted by Crippen LogP contribution is -2.24. The molecule has 1 N–H and O–H groups in total. The van der Waals surface area contributed by atoms with Gasteiger partial charge in [-0.3, -0.25) is 14.9 Å². The highest BCUT2D eigenvalue weighted by molar-refractivity contribution is 6.00. The quantitative estimate of drug-likeness (QED) is 0.675. The van der Waals surface area contributed by atoms with E-state index in [0.717, 1.165) is 5.56 Å². The lowest BCUT2D eigenvalue weighted by Gasteiger charge is -2.22. The molecular formula is C17H18FN3O3. The Balaban J connectivity index is 2.36. The predicted octanol–water partition coefficient (Wildman–Crippen LogP) is 3.04. The molecule has 6 nitrogen and oxygen atoms in total. The van der Waals surface area contributed by atoms with Gasteiger partial charge in [-0.2, -0.15) is 0 Å². The van der Waals surface area contributed by atoms with Crippen LogP contribution in [0.4, 0.5) is 15.8 Å². The van der Waals surface area contributed by atoms with E-state index in [0.29, 0.717) is 17.8 Å². The predicted molar refractivity (Wildman–Crippen MR) is 89.7 cm³/mol. The second-order valence-electron chi connectivity index (χ2n) is 5.48. The summed E-state index contributed by atoms with van der Waals surface area (Å²) in [4.78, 5) is 24.2. The molecule has 2 aromatic carbocycles. The van der Waals surface area contributed by atoms with Crippen LogP contribution >= 0.6 is 0 Å². The van der Waals surface area contributed by atoms with E-state index < -0.39 is 10.8 Å². The van der Waals surface area contributed by atoms with Crippen LogP contribution in [0.1, 0.15) is 21.5 Å². The Morgan fingerprint density at radius 3 is 2.58 bits per heavy atom. The summed E-state index contributed by atoms with van der Waals surface area (Å²) in [7, 11) is 3.20. The molecule has 0 aromatic heterocycles. The summed E-state index contributed by atoms with van der Waals surface area (Å²) >= 11 is 0. The van der Waals surface area contributed by atoms with Gasteiger partial charge in [-0.1, -0.05) is 12.1 Å². The second-order valence-corrected chi connectivity index (χ2v) is 5.48. The maximum atomic E-state index is 13.7. The Bertz CT molecular complexity index is 793. The Kier molecular flexibility index (Phi) is 5.13. The van der Waals surface area contributed by atoms with E-state index in [1.807, 2.05) is 0 Å². The van der Waals surface area contributed by atoms with Crippen molar-refractivity contribution in [1.82, 2.24) is 5.32 Å². The molecule has 0 saturated carbocycles. The number of halogens is 1. The number of carbonyl (C=O) groups is 1.